The molecule has 21 heavy (non-hydrogen) atoms. The third-order valence-electron chi connectivity index (χ3n) is 3.56. The second kappa shape index (κ2) is 7.69. The van der Waals surface area contributed by atoms with E-state index in [4.69, 9.17) is 4.74 Å². The molecule has 0 radical (unpaired) electrons. The Balaban J connectivity index is 1.87. The third-order valence-corrected chi connectivity index (χ3v) is 4.30. The van der Waals surface area contributed by atoms with Gasteiger partial charge in [-0.2, -0.15) is 0 Å². The summed E-state index contributed by atoms with van der Waals surface area (Å²) in [5.74, 6) is 1.85. The average Bonchev–Trinajstić information content (AvgIpc) is 2.47. The van der Waals surface area contributed by atoms with Gasteiger partial charge in [-0.1, -0.05) is 0 Å². The van der Waals surface area contributed by atoms with E-state index in [1.807, 2.05) is 25.4 Å². The molecule has 2 rings (SSSR count). The lowest BCUT2D eigenvalue weighted by Crippen LogP contribution is -2.44. The molecule has 1 fully saturated rings. The largest absolute Gasteiger partial charge is 0.491 e. The zero-order chi connectivity index (χ0) is 15.3. The number of nitrogens with one attached hydrogen (secondary N) is 1. The predicted octanol–water partition coefficient (Wildman–Crippen LogP) is 0.878. The first-order chi connectivity index (χ1) is 10.00. The summed E-state index contributed by atoms with van der Waals surface area (Å²) in [4.78, 5) is 9.14. The molecule has 1 aromatic heterocycles. The minimum absolute atomic E-state index is 0.0507. The highest BCUT2D eigenvalue weighted by atomic mass is 31.1. The summed E-state index contributed by atoms with van der Waals surface area (Å²) < 4.78 is 5.81. The Morgan fingerprint density at radius 2 is 2.00 bits per heavy atom. The van der Waals surface area contributed by atoms with Crippen LogP contribution in [-0.2, 0) is 0 Å². The monoisotopic (exact) mass is 328 g/mol. The van der Waals surface area contributed by atoms with Crippen LogP contribution in [-0.4, -0.2) is 68.2 Å². The predicted molar refractivity (Wildman–Crippen MR) is 95.5 cm³/mol. The van der Waals surface area contributed by atoms with Crippen LogP contribution in [0.5, 0.6) is 5.75 Å². The lowest BCUT2D eigenvalue weighted by molar-refractivity contribution is 0.302. The third kappa shape index (κ3) is 5.34. The van der Waals surface area contributed by atoms with Gasteiger partial charge in [-0.25, -0.2) is 4.98 Å². The number of piperazine rings is 1. The van der Waals surface area contributed by atoms with Crippen LogP contribution in [0, 0.1) is 0 Å². The molecule has 1 aliphatic rings. The van der Waals surface area contributed by atoms with Gasteiger partial charge in [-0.3, -0.25) is 0 Å². The molecule has 1 N–H and O–H groups in total. The van der Waals surface area contributed by atoms with Crippen LogP contribution >= 0.6 is 18.5 Å². The number of hydrogen-bond acceptors (Lipinski definition) is 5. The van der Waals surface area contributed by atoms with Crippen molar-refractivity contribution in [1.29, 1.82) is 0 Å². The maximum absolute atomic E-state index is 5.81. The molecule has 7 heteroatoms. The summed E-state index contributed by atoms with van der Waals surface area (Å²) in [6.45, 7) is 5.71. The van der Waals surface area contributed by atoms with Crippen molar-refractivity contribution in [3.63, 3.8) is 0 Å². The maximum Gasteiger partial charge on any atom is 0.137 e. The van der Waals surface area contributed by atoms with Crippen molar-refractivity contribution in [2.45, 2.75) is 4.90 Å². The van der Waals surface area contributed by atoms with Crippen molar-refractivity contribution in [1.82, 2.24) is 15.2 Å². The molecule has 0 bridgehead atoms. The Bertz CT molecular complexity index is 433. The minimum Gasteiger partial charge on any atom is -0.491 e. The summed E-state index contributed by atoms with van der Waals surface area (Å²) in [7, 11) is 9.71. The molecule has 5 nitrogen and oxygen atoms in total. The molecule has 1 aromatic rings. The van der Waals surface area contributed by atoms with Crippen LogP contribution in [0.4, 0.5) is 5.82 Å². The fourth-order valence-corrected chi connectivity index (χ4v) is 2.85. The van der Waals surface area contributed by atoms with Crippen LogP contribution in [0.2, 0.25) is 0 Å². The molecule has 1 saturated heterocycles. The van der Waals surface area contributed by atoms with Crippen molar-refractivity contribution in [3.8, 4) is 5.75 Å². The Hall–Kier alpha value is -0.470. The summed E-state index contributed by atoms with van der Waals surface area (Å²) in [6.07, 6.45) is 1.82. The van der Waals surface area contributed by atoms with Gasteiger partial charge in [0.05, 0.1) is 6.20 Å². The van der Waals surface area contributed by atoms with E-state index in [2.05, 4.69) is 45.6 Å². The molecule has 0 aliphatic carbocycles. The van der Waals surface area contributed by atoms with Gasteiger partial charge in [0.25, 0.3) is 0 Å². The van der Waals surface area contributed by atoms with E-state index in [1.54, 1.807) is 0 Å². The smallest absolute Gasteiger partial charge is 0.137 e. The van der Waals surface area contributed by atoms with Gasteiger partial charge in [0.15, 0.2) is 0 Å². The van der Waals surface area contributed by atoms with E-state index in [1.165, 1.54) is 0 Å². The zero-order valence-corrected chi connectivity index (χ0v) is 15.2. The number of hydrogen-bond donors (Lipinski definition) is 1. The van der Waals surface area contributed by atoms with Gasteiger partial charge in [-0.05, 0) is 26.2 Å². The van der Waals surface area contributed by atoms with Crippen molar-refractivity contribution >= 4 is 24.3 Å². The Labute approximate surface area is 132 Å². The molecular weight excluding hydrogens is 302 g/mol. The first-order valence-corrected chi connectivity index (χ1v) is 8.40. The molecule has 2 heterocycles. The number of nitrogens with zero attached hydrogens (tertiary/aromatic N) is 3. The molecule has 0 saturated carbocycles. The van der Waals surface area contributed by atoms with Crippen LogP contribution in [0.15, 0.2) is 18.3 Å². The lowest BCUT2D eigenvalue weighted by Gasteiger charge is -2.33. The summed E-state index contributed by atoms with van der Waals surface area (Å²) in [6, 6.07) is 4.05. The number of anilines is 1. The first kappa shape index (κ1) is 16.9. The van der Waals surface area contributed by atoms with Gasteiger partial charge in [0.2, 0.25) is 0 Å². The second-order valence-corrected chi connectivity index (χ2v) is 8.66. The average molecular weight is 328 g/mol. The van der Waals surface area contributed by atoms with E-state index >= 15 is 0 Å². The maximum atomic E-state index is 5.81. The van der Waals surface area contributed by atoms with Crippen LogP contribution in [0.1, 0.15) is 0 Å². The highest BCUT2D eigenvalue weighted by Gasteiger charge is 2.19. The van der Waals surface area contributed by atoms with Crippen molar-refractivity contribution in [3.05, 3.63) is 18.3 Å². The molecule has 1 aliphatic heterocycles. The number of rotatable bonds is 6. The van der Waals surface area contributed by atoms with Gasteiger partial charge in [-0.15, -0.1) is 18.5 Å². The van der Waals surface area contributed by atoms with Crippen molar-refractivity contribution in [2.75, 3.05) is 58.3 Å². The van der Waals surface area contributed by atoms with Crippen LogP contribution in [0.25, 0.3) is 0 Å². The zero-order valence-electron chi connectivity index (χ0n) is 12.9. The first-order valence-electron chi connectivity index (χ1n) is 7.25. The molecule has 0 aromatic carbocycles. The molecule has 2 atom stereocenters. The highest BCUT2D eigenvalue weighted by molar-refractivity contribution is 7.40. The number of likely N-dealkylation sites (N-methyl/N-ethyl adjacent to an activating group) is 1. The molecule has 0 spiro atoms. The van der Waals surface area contributed by atoms with Crippen molar-refractivity contribution < 1.29 is 4.74 Å². The summed E-state index contributed by atoms with van der Waals surface area (Å²) in [5, 5.41) is 3.15. The molecule has 2 unspecified atom stereocenters. The molecule has 0 amide bonds. The second-order valence-electron chi connectivity index (χ2n) is 5.69. The number of pyridine rings is 1. The number of aromatic nitrogens is 1. The summed E-state index contributed by atoms with van der Waals surface area (Å²) >= 11 is 0. The van der Waals surface area contributed by atoms with E-state index in [0.29, 0.717) is 6.61 Å². The highest BCUT2D eigenvalue weighted by Crippen LogP contribution is 2.27. The fourth-order valence-electron chi connectivity index (χ4n) is 2.28. The van der Waals surface area contributed by atoms with Crippen LogP contribution in [0.3, 0.4) is 0 Å². The Morgan fingerprint density at radius 3 is 2.57 bits per heavy atom. The minimum atomic E-state index is -0.0507. The molecular formula is C14H26N4OP2. The van der Waals surface area contributed by atoms with Gasteiger partial charge >= 0.3 is 0 Å². The van der Waals surface area contributed by atoms with E-state index in [9.17, 15) is 0 Å². The van der Waals surface area contributed by atoms with E-state index in [0.717, 1.165) is 44.3 Å². The van der Waals surface area contributed by atoms with E-state index in [-0.39, 0.29) is 4.90 Å². The quantitative estimate of drug-likeness (QED) is 0.785. The number of ether oxygens (including phenoxy) is 1. The van der Waals surface area contributed by atoms with Gasteiger partial charge in [0, 0.05) is 37.6 Å². The van der Waals surface area contributed by atoms with Gasteiger partial charge in [0.1, 0.15) is 18.2 Å². The lowest BCUT2D eigenvalue weighted by atomic mass is 10.3. The van der Waals surface area contributed by atoms with E-state index < -0.39 is 0 Å². The normalized spacial score (nSPS) is 17.0. The Kier molecular flexibility index (Phi) is 6.19. The standard InChI is InChI=1S/C14H26N4OP2/c1-15-10-14(20,21)11-19-12-3-4-13(16-9-12)18-7-5-17(2)6-8-18/h3-4,9,15H,5-8,10-11,20-21H2,1-2H3. The SMILES string of the molecule is CNCC(P)(P)COc1ccc(N2CCN(C)CC2)nc1. The fraction of sp³-hybridized carbons (Fsp3) is 0.643. The molecule has 118 valence electrons. The van der Waals surface area contributed by atoms with Crippen LogP contribution < -0.4 is 15.0 Å². The van der Waals surface area contributed by atoms with Crippen molar-refractivity contribution in [2.24, 2.45) is 0 Å². The topological polar surface area (TPSA) is 40.6 Å². The Morgan fingerprint density at radius 1 is 1.29 bits per heavy atom. The van der Waals surface area contributed by atoms with Gasteiger partial charge < -0.3 is 19.9 Å². The summed E-state index contributed by atoms with van der Waals surface area (Å²) in [5.41, 5.74) is 0.